The van der Waals surface area contributed by atoms with Gasteiger partial charge in [0.15, 0.2) is 0 Å². The average Bonchev–Trinajstić information content (AvgIpc) is 2.63. The Bertz CT molecular complexity index is 575. The zero-order valence-electron chi connectivity index (χ0n) is 13.3. The summed E-state index contributed by atoms with van der Waals surface area (Å²) in [7, 11) is 3.48. The first kappa shape index (κ1) is 15.4. The van der Waals surface area contributed by atoms with Crippen molar-refractivity contribution in [2.24, 2.45) is 0 Å². The van der Waals surface area contributed by atoms with Gasteiger partial charge < -0.3 is 14.5 Å². The van der Waals surface area contributed by atoms with Crippen LogP contribution in [-0.2, 0) is 17.8 Å². The second-order valence-corrected chi connectivity index (χ2v) is 6.49. The van der Waals surface area contributed by atoms with Crippen LogP contribution in [0.4, 0.5) is 4.79 Å². The van der Waals surface area contributed by atoms with Gasteiger partial charge in [-0.25, -0.2) is 4.79 Å². The number of carbonyl (C=O) groups excluding carboxylic acids is 2. The number of hydrogen-bond acceptors (Lipinski definition) is 3. The molecule has 2 amide bonds. The first-order valence-electron chi connectivity index (χ1n) is 6.99. The molecular formula is C16H22N2O3. The van der Waals surface area contributed by atoms with Crippen molar-refractivity contribution in [1.29, 1.82) is 0 Å². The normalized spacial score (nSPS) is 14.1. The number of rotatable bonds is 2. The number of ether oxygens (including phenoxy) is 1. The van der Waals surface area contributed by atoms with Crippen LogP contribution < -0.4 is 0 Å². The Hall–Kier alpha value is -2.04. The average molecular weight is 290 g/mol. The Kier molecular flexibility index (Phi) is 3.94. The maximum Gasteiger partial charge on any atom is 0.410 e. The lowest BCUT2D eigenvalue weighted by Crippen LogP contribution is -2.33. The second kappa shape index (κ2) is 5.39. The van der Waals surface area contributed by atoms with E-state index in [0.717, 1.165) is 16.7 Å². The molecule has 1 aromatic rings. The fourth-order valence-corrected chi connectivity index (χ4v) is 2.27. The van der Waals surface area contributed by atoms with Gasteiger partial charge in [-0.2, -0.15) is 0 Å². The predicted octanol–water partition coefficient (Wildman–Crippen LogP) is 2.64. The van der Waals surface area contributed by atoms with E-state index >= 15 is 0 Å². The van der Waals surface area contributed by atoms with Gasteiger partial charge in [-0.3, -0.25) is 4.79 Å². The summed E-state index contributed by atoms with van der Waals surface area (Å²) in [5.41, 5.74) is 2.17. The van der Waals surface area contributed by atoms with Crippen LogP contribution in [0.25, 0.3) is 0 Å². The van der Waals surface area contributed by atoms with Gasteiger partial charge in [0.25, 0.3) is 5.91 Å². The second-order valence-electron chi connectivity index (χ2n) is 6.49. The molecule has 5 nitrogen and oxygen atoms in total. The monoisotopic (exact) mass is 290 g/mol. The third-order valence-electron chi connectivity index (χ3n) is 3.28. The molecule has 0 bridgehead atoms. The summed E-state index contributed by atoms with van der Waals surface area (Å²) in [5.74, 6) is 0.0340. The lowest BCUT2D eigenvalue weighted by atomic mass is 10.1. The van der Waals surface area contributed by atoms with Crippen LogP contribution in [0.3, 0.4) is 0 Å². The number of carbonyl (C=O) groups is 2. The summed E-state index contributed by atoms with van der Waals surface area (Å²) in [6, 6.07) is 5.77. The molecule has 0 spiro atoms. The highest BCUT2D eigenvalue weighted by Crippen LogP contribution is 2.23. The first-order valence-corrected chi connectivity index (χ1v) is 6.99. The SMILES string of the molecule is CN(Cc1ccc2c(c1)C(=O)N(C)C2)C(=O)OC(C)(C)C. The third-order valence-corrected chi connectivity index (χ3v) is 3.28. The van der Waals surface area contributed by atoms with E-state index in [1.165, 1.54) is 4.90 Å². The Morgan fingerprint density at radius 2 is 2.05 bits per heavy atom. The quantitative estimate of drug-likeness (QED) is 0.841. The van der Waals surface area contributed by atoms with Crippen molar-refractivity contribution >= 4 is 12.0 Å². The summed E-state index contributed by atoms with van der Waals surface area (Å²) in [6.45, 7) is 6.57. The van der Waals surface area contributed by atoms with E-state index in [9.17, 15) is 9.59 Å². The molecule has 0 atom stereocenters. The van der Waals surface area contributed by atoms with Gasteiger partial charge in [0.05, 0.1) is 0 Å². The van der Waals surface area contributed by atoms with Crippen molar-refractivity contribution in [2.45, 2.75) is 39.5 Å². The molecule has 0 radical (unpaired) electrons. The summed E-state index contributed by atoms with van der Waals surface area (Å²) in [4.78, 5) is 27.1. The Labute approximate surface area is 125 Å². The van der Waals surface area contributed by atoms with Gasteiger partial charge in [0, 0.05) is 32.7 Å². The molecular weight excluding hydrogens is 268 g/mol. The van der Waals surface area contributed by atoms with Gasteiger partial charge in [-0.15, -0.1) is 0 Å². The lowest BCUT2D eigenvalue weighted by Gasteiger charge is -2.24. The Morgan fingerprint density at radius 3 is 2.67 bits per heavy atom. The van der Waals surface area contributed by atoms with Crippen molar-refractivity contribution in [1.82, 2.24) is 9.80 Å². The molecule has 114 valence electrons. The van der Waals surface area contributed by atoms with E-state index in [0.29, 0.717) is 13.1 Å². The van der Waals surface area contributed by atoms with Crippen LogP contribution in [0.2, 0.25) is 0 Å². The predicted molar refractivity (Wildman–Crippen MR) is 79.9 cm³/mol. The topological polar surface area (TPSA) is 49.9 Å². The summed E-state index contributed by atoms with van der Waals surface area (Å²) in [6.07, 6.45) is -0.369. The van der Waals surface area contributed by atoms with Gasteiger partial charge in [0.1, 0.15) is 5.60 Å². The first-order chi connectivity index (χ1) is 9.67. The maximum absolute atomic E-state index is 12.0. The van der Waals surface area contributed by atoms with Crippen molar-refractivity contribution in [3.05, 3.63) is 34.9 Å². The fourth-order valence-electron chi connectivity index (χ4n) is 2.27. The number of amides is 2. The molecule has 0 fully saturated rings. The molecule has 0 aromatic heterocycles. The summed E-state index contributed by atoms with van der Waals surface area (Å²) in [5, 5.41) is 0. The van der Waals surface area contributed by atoms with Gasteiger partial charge >= 0.3 is 6.09 Å². The molecule has 0 aliphatic carbocycles. The Morgan fingerprint density at radius 1 is 1.38 bits per heavy atom. The highest BCUT2D eigenvalue weighted by Gasteiger charge is 2.25. The highest BCUT2D eigenvalue weighted by molar-refractivity contribution is 5.98. The van der Waals surface area contributed by atoms with E-state index in [-0.39, 0.29) is 12.0 Å². The van der Waals surface area contributed by atoms with Crippen LogP contribution in [0.15, 0.2) is 18.2 Å². The van der Waals surface area contributed by atoms with E-state index in [4.69, 9.17) is 4.74 Å². The number of fused-ring (bicyclic) bond motifs is 1. The molecule has 0 N–H and O–H groups in total. The minimum Gasteiger partial charge on any atom is -0.444 e. The fraction of sp³-hybridized carbons (Fsp3) is 0.500. The Balaban J connectivity index is 2.08. The van der Waals surface area contributed by atoms with Crippen molar-refractivity contribution in [3.8, 4) is 0 Å². The maximum atomic E-state index is 12.0. The number of benzene rings is 1. The van der Waals surface area contributed by atoms with Crippen LogP contribution in [0, 0.1) is 0 Å². The summed E-state index contributed by atoms with van der Waals surface area (Å²) >= 11 is 0. The standard InChI is InChI=1S/C16H22N2O3/c1-16(2,3)21-15(20)18(5)9-11-6-7-12-10-17(4)14(19)13(12)8-11/h6-8H,9-10H2,1-5H3. The van der Waals surface area contributed by atoms with Crippen molar-refractivity contribution in [3.63, 3.8) is 0 Å². The van der Waals surface area contributed by atoms with Crippen molar-refractivity contribution < 1.29 is 14.3 Å². The van der Waals surface area contributed by atoms with Gasteiger partial charge in [-0.05, 0) is 38.0 Å². The third kappa shape index (κ3) is 3.54. The number of hydrogen-bond donors (Lipinski definition) is 0. The smallest absolute Gasteiger partial charge is 0.410 e. The van der Waals surface area contributed by atoms with Crippen molar-refractivity contribution in [2.75, 3.05) is 14.1 Å². The lowest BCUT2D eigenvalue weighted by molar-refractivity contribution is 0.0285. The molecule has 1 heterocycles. The largest absolute Gasteiger partial charge is 0.444 e. The van der Waals surface area contributed by atoms with Gasteiger partial charge in [-0.1, -0.05) is 12.1 Å². The molecule has 5 heteroatoms. The molecule has 0 saturated heterocycles. The molecule has 1 aromatic carbocycles. The summed E-state index contributed by atoms with van der Waals surface area (Å²) < 4.78 is 5.31. The number of nitrogens with zero attached hydrogens (tertiary/aromatic N) is 2. The van der Waals surface area contributed by atoms with E-state index < -0.39 is 5.60 Å². The minimum absolute atomic E-state index is 0.0340. The van der Waals surface area contributed by atoms with Gasteiger partial charge in [0.2, 0.25) is 0 Å². The zero-order chi connectivity index (χ0) is 15.8. The van der Waals surface area contributed by atoms with E-state index in [2.05, 4.69) is 0 Å². The molecule has 21 heavy (non-hydrogen) atoms. The van der Waals surface area contributed by atoms with Crippen LogP contribution in [0.1, 0.15) is 42.3 Å². The molecule has 1 aliphatic heterocycles. The zero-order valence-corrected chi connectivity index (χ0v) is 13.3. The molecule has 0 unspecified atom stereocenters. The highest BCUT2D eigenvalue weighted by atomic mass is 16.6. The minimum atomic E-state index is -0.512. The van der Waals surface area contributed by atoms with Crippen LogP contribution in [0.5, 0.6) is 0 Å². The van der Waals surface area contributed by atoms with E-state index in [1.54, 1.807) is 19.0 Å². The van der Waals surface area contributed by atoms with E-state index in [1.807, 2.05) is 39.0 Å². The van der Waals surface area contributed by atoms with Crippen LogP contribution >= 0.6 is 0 Å². The molecule has 0 saturated carbocycles. The molecule has 2 rings (SSSR count). The molecule has 1 aliphatic rings. The van der Waals surface area contributed by atoms with Crippen LogP contribution in [-0.4, -0.2) is 41.5 Å².